The zero-order chi connectivity index (χ0) is 7.28. The van der Waals surface area contributed by atoms with Crippen molar-refractivity contribution in [1.29, 1.82) is 0 Å². The largest absolute Gasteiger partial charge is 0.379 e. The monoisotopic (exact) mass is 146 g/mol. The molecule has 9 heavy (non-hydrogen) atoms. The molecule has 0 spiro atoms. The van der Waals surface area contributed by atoms with E-state index in [2.05, 4.69) is 5.32 Å². The Morgan fingerprint density at radius 2 is 2.22 bits per heavy atom. The fraction of sp³-hybridized carbons (Fsp3) is 0.833. The van der Waals surface area contributed by atoms with E-state index in [0.29, 0.717) is 0 Å². The van der Waals surface area contributed by atoms with Crippen LogP contribution >= 0.6 is 12.2 Å². The molecule has 0 saturated carbocycles. The molecule has 0 aliphatic rings. The van der Waals surface area contributed by atoms with Gasteiger partial charge in [-0.05, 0) is 13.3 Å². The molecule has 0 aromatic carbocycles. The molecular weight excluding hydrogens is 132 g/mol. The lowest BCUT2D eigenvalue weighted by molar-refractivity contribution is 0.789. The van der Waals surface area contributed by atoms with Crippen molar-refractivity contribution in [2.24, 2.45) is 5.73 Å². The third kappa shape index (κ3) is 3.43. The topological polar surface area (TPSA) is 38.0 Å². The molecule has 0 rings (SSSR count). The van der Waals surface area contributed by atoms with Crippen LogP contribution in [0.4, 0.5) is 0 Å². The third-order valence-electron chi connectivity index (χ3n) is 1.13. The van der Waals surface area contributed by atoms with Crippen LogP contribution in [0, 0.1) is 0 Å². The SMILES string of the molecule is CCNC(=S)C(N)CC. The van der Waals surface area contributed by atoms with Crippen molar-refractivity contribution in [3.8, 4) is 0 Å². The average Bonchev–Trinajstić information content (AvgIpc) is 1.87. The number of rotatable bonds is 3. The van der Waals surface area contributed by atoms with E-state index >= 15 is 0 Å². The highest BCUT2D eigenvalue weighted by molar-refractivity contribution is 7.80. The molecule has 0 aliphatic carbocycles. The van der Waals surface area contributed by atoms with Crippen molar-refractivity contribution in [3.05, 3.63) is 0 Å². The van der Waals surface area contributed by atoms with Gasteiger partial charge in [-0.25, -0.2) is 0 Å². The van der Waals surface area contributed by atoms with Gasteiger partial charge in [-0.15, -0.1) is 0 Å². The molecule has 0 bridgehead atoms. The Morgan fingerprint density at radius 1 is 1.67 bits per heavy atom. The van der Waals surface area contributed by atoms with Crippen LogP contribution in [-0.2, 0) is 0 Å². The maximum Gasteiger partial charge on any atom is 0.0923 e. The number of nitrogens with two attached hydrogens (primary N) is 1. The van der Waals surface area contributed by atoms with Gasteiger partial charge in [0.2, 0.25) is 0 Å². The van der Waals surface area contributed by atoms with E-state index in [0.717, 1.165) is 18.0 Å². The zero-order valence-corrected chi connectivity index (χ0v) is 6.79. The van der Waals surface area contributed by atoms with Gasteiger partial charge in [-0.1, -0.05) is 19.1 Å². The Hall–Kier alpha value is -0.150. The molecule has 0 aromatic rings. The van der Waals surface area contributed by atoms with Gasteiger partial charge < -0.3 is 11.1 Å². The maximum absolute atomic E-state index is 5.60. The lowest BCUT2D eigenvalue weighted by Crippen LogP contribution is -2.38. The van der Waals surface area contributed by atoms with Gasteiger partial charge in [-0.2, -0.15) is 0 Å². The van der Waals surface area contributed by atoms with E-state index in [9.17, 15) is 0 Å². The standard InChI is InChI=1S/C6H14N2S/c1-3-5(7)6(9)8-4-2/h5H,3-4,7H2,1-2H3,(H,8,9). The molecule has 0 radical (unpaired) electrons. The Bertz CT molecular complexity index is 93.1. The summed E-state index contributed by atoms with van der Waals surface area (Å²) in [6, 6.07) is 0.0416. The summed E-state index contributed by atoms with van der Waals surface area (Å²) in [7, 11) is 0. The van der Waals surface area contributed by atoms with Gasteiger partial charge >= 0.3 is 0 Å². The Balaban J connectivity index is 3.46. The minimum Gasteiger partial charge on any atom is -0.379 e. The molecule has 2 nitrogen and oxygen atoms in total. The third-order valence-corrected chi connectivity index (χ3v) is 1.57. The van der Waals surface area contributed by atoms with Crippen molar-refractivity contribution < 1.29 is 0 Å². The van der Waals surface area contributed by atoms with E-state index < -0.39 is 0 Å². The molecule has 0 amide bonds. The van der Waals surface area contributed by atoms with Gasteiger partial charge in [0.05, 0.1) is 11.0 Å². The summed E-state index contributed by atoms with van der Waals surface area (Å²) in [6.07, 6.45) is 0.909. The van der Waals surface area contributed by atoms with Crippen LogP contribution in [-0.4, -0.2) is 17.6 Å². The van der Waals surface area contributed by atoms with Crippen molar-refractivity contribution in [1.82, 2.24) is 5.32 Å². The van der Waals surface area contributed by atoms with Crippen LogP contribution in [0.3, 0.4) is 0 Å². The van der Waals surface area contributed by atoms with Crippen LogP contribution in [0.1, 0.15) is 20.3 Å². The Morgan fingerprint density at radius 3 is 2.56 bits per heavy atom. The van der Waals surface area contributed by atoms with E-state index in [1.54, 1.807) is 0 Å². The molecule has 0 aromatic heterocycles. The number of thiocarbonyl (C=S) groups is 1. The average molecular weight is 146 g/mol. The first-order valence-corrected chi connectivity index (χ1v) is 3.66. The number of likely N-dealkylation sites (N-methyl/N-ethyl adjacent to an activating group) is 1. The fourth-order valence-corrected chi connectivity index (χ4v) is 0.802. The molecule has 0 heterocycles. The zero-order valence-electron chi connectivity index (χ0n) is 5.98. The van der Waals surface area contributed by atoms with Crippen molar-refractivity contribution >= 4 is 17.2 Å². The van der Waals surface area contributed by atoms with Crippen LogP contribution in [0.2, 0.25) is 0 Å². The maximum atomic E-state index is 5.60. The van der Waals surface area contributed by atoms with Crippen LogP contribution in [0.5, 0.6) is 0 Å². The fourth-order valence-electron chi connectivity index (χ4n) is 0.491. The summed E-state index contributed by atoms with van der Waals surface area (Å²) in [5.74, 6) is 0. The molecule has 0 fully saturated rings. The van der Waals surface area contributed by atoms with Crippen molar-refractivity contribution in [2.75, 3.05) is 6.54 Å². The highest BCUT2D eigenvalue weighted by Gasteiger charge is 2.02. The second-order valence-corrected chi connectivity index (χ2v) is 2.35. The Labute approximate surface area is 61.8 Å². The van der Waals surface area contributed by atoms with E-state index in [1.165, 1.54) is 0 Å². The summed E-state index contributed by atoms with van der Waals surface area (Å²) in [5, 5.41) is 3.00. The van der Waals surface area contributed by atoms with Crippen molar-refractivity contribution in [2.45, 2.75) is 26.3 Å². The highest BCUT2D eigenvalue weighted by atomic mass is 32.1. The second-order valence-electron chi connectivity index (χ2n) is 1.91. The quantitative estimate of drug-likeness (QED) is 0.574. The first-order valence-electron chi connectivity index (χ1n) is 3.25. The summed E-state index contributed by atoms with van der Waals surface area (Å²) >= 11 is 4.94. The first kappa shape index (κ1) is 8.85. The predicted molar refractivity (Wildman–Crippen MR) is 44.5 cm³/mol. The normalized spacial score (nSPS) is 12.8. The highest BCUT2D eigenvalue weighted by Crippen LogP contribution is 1.86. The summed E-state index contributed by atoms with van der Waals surface area (Å²) in [4.78, 5) is 0.778. The van der Waals surface area contributed by atoms with Gasteiger partial charge in [0.15, 0.2) is 0 Å². The number of hydrogen-bond donors (Lipinski definition) is 2. The van der Waals surface area contributed by atoms with Crippen molar-refractivity contribution in [3.63, 3.8) is 0 Å². The van der Waals surface area contributed by atoms with Gasteiger partial charge in [0.1, 0.15) is 0 Å². The summed E-state index contributed by atoms with van der Waals surface area (Å²) < 4.78 is 0. The minimum absolute atomic E-state index is 0.0416. The number of hydrogen-bond acceptors (Lipinski definition) is 2. The minimum atomic E-state index is 0.0416. The van der Waals surface area contributed by atoms with Gasteiger partial charge in [0, 0.05) is 6.54 Å². The molecule has 0 saturated heterocycles. The smallest absolute Gasteiger partial charge is 0.0923 e. The van der Waals surface area contributed by atoms with E-state index in [-0.39, 0.29) is 6.04 Å². The summed E-state index contributed by atoms with van der Waals surface area (Å²) in [6.45, 7) is 4.90. The lowest BCUT2D eigenvalue weighted by Gasteiger charge is -2.10. The van der Waals surface area contributed by atoms with Gasteiger partial charge in [-0.3, -0.25) is 0 Å². The van der Waals surface area contributed by atoms with Crippen LogP contribution in [0.15, 0.2) is 0 Å². The van der Waals surface area contributed by atoms with E-state index in [4.69, 9.17) is 18.0 Å². The molecule has 3 N–H and O–H groups in total. The number of nitrogens with one attached hydrogen (secondary N) is 1. The van der Waals surface area contributed by atoms with Gasteiger partial charge in [0.25, 0.3) is 0 Å². The Kier molecular flexibility index (Phi) is 4.62. The van der Waals surface area contributed by atoms with Crippen LogP contribution < -0.4 is 11.1 Å². The first-order chi connectivity index (χ1) is 4.22. The second kappa shape index (κ2) is 4.70. The van der Waals surface area contributed by atoms with E-state index in [1.807, 2.05) is 13.8 Å². The summed E-state index contributed by atoms with van der Waals surface area (Å²) in [5.41, 5.74) is 5.60. The predicted octanol–water partition coefficient (Wildman–Crippen LogP) is 0.661. The van der Waals surface area contributed by atoms with Crippen LogP contribution in [0.25, 0.3) is 0 Å². The molecule has 3 heteroatoms. The molecule has 1 atom stereocenters. The molecular formula is C6H14N2S. The lowest BCUT2D eigenvalue weighted by atomic mass is 10.2. The molecule has 0 aliphatic heterocycles. The molecule has 54 valence electrons. The molecule has 1 unspecified atom stereocenters.